The van der Waals surface area contributed by atoms with Crippen molar-refractivity contribution in [1.82, 2.24) is 0 Å². The molecule has 0 amide bonds. The highest BCUT2D eigenvalue weighted by Crippen LogP contribution is 2.25. The summed E-state index contributed by atoms with van der Waals surface area (Å²) in [6.07, 6.45) is 0. The summed E-state index contributed by atoms with van der Waals surface area (Å²) in [4.78, 5) is 16.7. The number of ketones is 1. The summed E-state index contributed by atoms with van der Waals surface area (Å²) in [5, 5.41) is 23.3. The van der Waals surface area contributed by atoms with Gasteiger partial charge in [-0.3, -0.25) is 4.79 Å². The zero-order chi connectivity index (χ0) is 19.8. The molecule has 7 heteroatoms. The lowest BCUT2D eigenvalue weighted by atomic mass is 10.1. The van der Waals surface area contributed by atoms with Crippen LogP contribution in [-0.4, -0.2) is 41.0 Å². The molecular formula is C20H20ClN4O2+. The first-order valence-electron chi connectivity index (χ1n) is 8.45. The van der Waals surface area contributed by atoms with Crippen molar-refractivity contribution >= 4 is 34.5 Å². The molecule has 138 valence electrons. The van der Waals surface area contributed by atoms with Crippen LogP contribution in [0.3, 0.4) is 0 Å². The summed E-state index contributed by atoms with van der Waals surface area (Å²) in [6.45, 7) is 4.93. The summed E-state index contributed by atoms with van der Waals surface area (Å²) in [6, 6.07) is 13.6. The molecule has 0 aliphatic carbocycles. The molecular weight excluding hydrogens is 364 g/mol. The maximum atomic E-state index is 12.5. The first-order chi connectivity index (χ1) is 13.0. The first-order valence-corrected chi connectivity index (χ1v) is 8.83. The fraction of sp³-hybridized carbons (Fsp3) is 0.250. The predicted molar refractivity (Wildman–Crippen MR) is 105 cm³/mol. The number of azo groups is 2. The number of benzene rings is 2. The van der Waals surface area contributed by atoms with Gasteiger partial charge in [0.15, 0.2) is 18.8 Å². The van der Waals surface area contributed by atoms with E-state index in [0.29, 0.717) is 35.1 Å². The Morgan fingerprint density at radius 2 is 2.07 bits per heavy atom. The van der Waals surface area contributed by atoms with Crippen LogP contribution < -0.4 is 0 Å². The maximum Gasteiger partial charge on any atom is 0.222 e. The molecule has 27 heavy (non-hydrogen) atoms. The van der Waals surface area contributed by atoms with E-state index in [-0.39, 0.29) is 12.3 Å². The second-order valence-electron chi connectivity index (χ2n) is 5.75. The van der Waals surface area contributed by atoms with E-state index in [9.17, 15) is 10.1 Å². The largest absolute Gasteiger partial charge is 0.390 e. The van der Waals surface area contributed by atoms with Gasteiger partial charge in [0.25, 0.3) is 0 Å². The number of carbonyl (C=O) groups is 1. The highest BCUT2D eigenvalue weighted by atomic mass is 35.5. The van der Waals surface area contributed by atoms with Gasteiger partial charge in [-0.05, 0) is 54.9 Å². The molecule has 2 rings (SSSR count). The second-order valence-corrected chi connectivity index (χ2v) is 6.19. The molecule has 0 atom stereocenters. The molecule has 0 bridgehead atoms. The van der Waals surface area contributed by atoms with Crippen molar-refractivity contribution in [2.45, 2.75) is 13.8 Å². The van der Waals surface area contributed by atoms with Crippen LogP contribution in [0.2, 0.25) is 5.02 Å². The molecule has 0 aliphatic heterocycles. The maximum absolute atomic E-state index is 12.5. The number of nitriles is 1. The molecule has 0 unspecified atom stereocenters. The van der Waals surface area contributed by atoms with Gasteiger partial charge in [0.05, 0.1) is 5.69 Å². The van der Waals surface area contributed by atoms with Gasteiger partial charge in [0.1, 0.15) is 18.4 Å². The summed E-state index contributed by atoms with van der Waals surface area (Å²) in [5.41, 5.74) is 2.12. The summed E-state index contributed by atoms with van der Waals surface area (Å²) in [7, 11) is 0. The van der Waals surface area contributed by atoms with E-state index in [0.717, 1.165) is 5.56 Å². The molecule has 2 aromatic carbocycles. The van der Waals surface area contributed by atoms with Crippen LogP contribution in [0, 0.1) is 18.3 Å². The monoisotopic (exact) mass is 383 g/mol. The Hall–Kier alpha value is -2.88. The molecule has 0 spiro atoms. The van der Waals surface area contributed by atoms with Gasteiger partial charge in [-0.25, -0.2) is 4.99 Å². The minimum atomic E-state index is -0.478. The number of carbonyl (C=O) groups excluding carboxylic acids is 1. The smallest absolute Gasteiger partial charge is 0.222 e. The first kappa shape index (κ1) is 20.4. The average molecular weight is 384 g/mol. The topological polar surface area (TPSA) is 88.8 Å². The van der Waals surface area contributed by atoms with Crippen molar-refractivity contribution in [3.05, 3.63) is 58.6 Å². The average Bonchev–Trinajstić information content (AvgIpc) is 2.66. The lowest BCUT2D eigenvalue weighted by Crippen LogP contribution is -2.13. The zero-order valence-corrected chi connectivity index (χ0v) is 15.9. The van der Waals surface area contributed by atoms with Crippen molar-refractivity contribution in [1.29, 1.82) is 5.26 Å². The number of rotatable bonds is 7. The van der Waals surface area contributed by atoms with Crippen molar-refractivity contribution in [2.24, 2.45) is 10.1 Å². The number of aryl methyl sites for hydroxylation is 1. The van der Waals surface area contributed by atoms with E-state index < -0.39 is 5.78 Å². The van der Waals surface area contributed by atoms with E-state index >= 15 is 0 Å². The van der Waals surface area contributed by atoms with E-state index in [1.807, 2.05) is 26.0 Å². The van der Waals surface area contributed by atoms with Crippen molar-refractivity contribution in [2.75, 3.05) is 19.7 Å². The predicted octanol–water partition coefficient (Wildman–Crippen LogP) is 4.24. The van der Waals surface area contributed by atoms with Crippen molar-refractivity contribution in [3.63, 3.8) is 0 Å². The standard InChI is InChI=1S/C20H20ClN4O2/c1-3-25(9-10-26)24-17-7-8-18(14(2)11-17)23-19(13-22)20(27)15-5-4-6-16(21)12-15/h4-8,11-12,26H,3,9-10H2,1-2H3/q+1. The second kappa shape index (κ2) is 9.72. The van der Waals surface area contributed by atoms with Crippen LogP contribution in [0.25, 0.3) is 0 Å². The lowest BCUT2D eigenvalue weighted by Gasteiger charge is -2.03. The number of Topliss-reactive ketones (excluding diaryl/α,β-unsaturated/α-hetero) is 1. The fourth-order valence-electron chi connectivity index (χ4n) is 2.40. The lowest BCUT2D eigenvalue weighted by molar-refractivity contribution is -0.588. The Morgan fingerprint density at radius 1 is 1.30 bits per heavy atom. The number of hydrogen-bond donors (Lipinski definition) is 1. The Balaban J connectivity index is 2.34. The minimum absolute atomic E-state index is 0.0237. The molecule has 0 fully saturated rings. The van der Waals surface area contributed by atoms with Crippen LogP contribution in [-0.2, 0) is 0 Å². The number of aliphatic hydroxyl groups excluding tert-OH is 1. The third-order valence-corrected chi connectivity index (χ3v) is 4.04. The summed E-state index contributed by atoms with van der Waals surface area (Å²) < 4.78 is 1.75. The number of aliphatic hydroxyl groups is 1. The molecule has 0 radical (unpaired) electrons. The number of hydrogen-bond acceptors (Lipinski definition) is 5. The molecule has 0 aromatic heterocycles. The van der Waals surface area contributed by atoms with Crippen LogP contribution in [0.5, 0.6) is 0 Å². The van der Waals surface area contributed by atoms with Crippen LogP contribution in [0.4, 0.5) is 11.4 Å². The highest BCUT2D eigenvalue weighted by Gasteiger charge is 2.15. The third kappa shape index (κ3) is 5.55. The van der Waals surface area contributed by atoms with E-state index in [1.165, 1.54) is 6.07 Å². The highest BCUT2D eigenvalue weighted by molar-refractivity contribution is 6.52. The third-order valence-electron chi connectivity index (χ3n) is 3.80. The van der Waals surface area contributed by atoms with Gasteiger partial charge < -0.3 is 5.11 Å². The minimum Gasteiger partial charge on any atom is -0.390 e. The van der Waals surface area contributed by atoms with Gasteiger partial charge >= 0.3 is 0 Å². The normalized spacial score (nSPS) is 12.0. The Morgan fingerprint density at radius 3 is 2.67 bits per heavy atom. The van der Waals surface area contributed by atoms with Crippen molar-refractivity contribution in [3.8, 4) is 6.07 Å². The molecule has 6 nitrogen and oxygen atoms in total. The van der Waals surface area contributed by atoms with Gasteiger partial charge in [-0.2, -0.15) is 5.26 Å². The number of aliphatic imine (C=N–C) groups is 1. The molecule has 0 saturated heterocycles. The molecule has 0 heterocycles. The van der Waals surface area contributed by atoms with Gasteiger partial charge in [0.2, 0.25) is 5.78 Å². The number of likely N-dealkylation sites (N-methyl/N-ethyl adjacent to an activating group) is 1. The molecule has 2 aromatic rings. The quantitative estimate of drug-likeness (QED) is 0.335. The van der Waals surface area contributed by atoms with E-state index in [4.69, 9.17) is 16.7 Å². The van der Waals surface area contributed by atoms with Crippen molar-refractivity contribution < 1.29 is 14.6 Å². The molecule has 0 aliphatic rings. The van der Waals surface area contributed by atoms with Gasteiger partial charge in [-0.1, -0.05) is 23.7 Å². The van der Waals surface area contributed by atoms with Gasteiger partial charge in [0, 0.05) is 10.6 Å². The number of halogens is 1. The number of nitrogens with zero attached hydrogens (tertiary/aromatic N) is 4. The Bertz CT molecular complexity index is 945. The van der Waals surface area contributed by atoms with Gasteiger partial charge in [-0.15, -0.1) is 4.70 Å². The van der Waals surface area contributed by atoms with Crippen LogP contribution >= 0.6 is 11.6 Å². The Labute approximate surface area is 163 Å². The summed E-state index contributed by atoms with van der Waals surface area (Å²) in [5.74, 6) is -0.478. The molecule has 1 N–H and O–H groups in total. The Kier molecular flexibility index (Phi) is 7.35. The zero-order valence-electron chi connectivity index (χ0n) is 15.2. The van der Waals surface area contributed by atoms with Crippen LogP contribution in [0.15, 0.2) is 52.6 Å². The summed E-state index contributed by atoms with van der Waals surface area (Å²) >= 11 is 5.91. The molecule has 0 saturated carbocycles. The van der Waals surface area contributed by atoms with E-state index in [1.54, 1.807) is 35.0 Å². The fourth-order valence-corrected chi connectivity index (χ4v) is 2.59. The SMILES string of the molecule is CC[N+](CCO)=Nc1ccc(N=C(C#N)C(=O)c2cccc(Cl)c2)c(C)c1. The van der Waals surface area contributed by atoms with E-state index in [2.05, 4.69) is 10.1 Å². The van der Waals surface area contributed by atoms with Crippen LogP contribution in [0.1, 0.15) is 22.8 Å².